The summed E-state index contributed by atoms with van der Waals surface area (Å²) in [7, 11) is 1.62. The van der Waals surface area contributed by atoms with Gasteiger partial charge in [-0.1, -0.05) is 40.8 Å². The number of methoxy groups -OCH3 is 1. The molecule has 0 unspecified atom stereocenters. The molecule has 0 spiro atoms. The first-order chi connectivity index (χ1) is 9.86. The molecule has 1 N–H and O–H groups in total. The number of hydrogen-bond acceptors (Lipinski definition) is 5. The maximum atomic E-state index is 5.22. The van der Waals surface area contributed by atoms with Crippen molar-refractivity contribution < 1.29 is 4.74 Å². The van der Waals surface area contributed by atoms with Gasteiger partial charge in [-0.15, -0.1) is 5.11 Å². The Morgan fingerprint density at radius 3 is 2.75 bits per heavy atom. The second-order valence-electron chi connectivity index (χ2n) is 3.98. The number of nitrogens with zero attached hydrogens (tertiary/aromatic N) is 3. The highest BCUT2D eigenvalue weighted by molar-refractivity contribution is 7.21. The van der Waals surface area contributed by atoms with Crippen molar-refractivity contribution in [3.63, 3.8) is 0 Å². The van der Waals surface area contributed by atoms with E-state index in [-0.39, 0.29) is 0 Å². The fourth-order valence-electron chi connectivity index (χ4n) is 1.76. The molecule has 5 nitrogen and oxygen atoms in total. The maximum absolute atomic E-state index is 5.22. The number of thiazole rings is 1. The first-order valence-electron chi connectivity index (χ1n) is 6.02. The number of anilines is 1. The van der Waals surface area contributed by atoms with Crippen molar-refractivity contribution in [2.24, 2.45) is 10.3 Å². The Labute approximate surface area is 119 Å². The van der Waals surface area contributed by atoms with Gasteiger partial charge in [-0.2, -0.15) is 0 Å². The van der Waals surface area contributed by atoms with Crippen LogP contribution in [-0.4, -0.2) is 12.1 Å². The lowest BCUT2D eigenvalue weighted by atomic mass is 10.3. The van der Waals surface area contributed by atoms with Crippen LogP contribution in [0.25, 0.3) is 10.2 Å². The molecule has 1 aromatic heterocycles. The second kappa shape index (κ2) is 5.66. The van der Waals surface area contributed by atoms with E-state index in [1.54, 1.807) is 7.11 Å². The monoisotopic (exact) mass is 284 g/mol. The van der Waals surface area contributed by atoms with Gasteiger partial charge < -0.3 is 4.74 Å². The molecule has 0 saturated carbocycles. The van der Waals surface area contributed by atoms with E-state index in [0.717, 1.165) is 21.7 Å². The summed E-state index contributed by atoms with van der Waals surface area (Å²) in [5.74, 6) is 0.718. The molecule has 0 amide bonds. The fourth-order valence-corrected chi connectivity index (χ4v) is 2.55. The van der Waals surface area contributed by atoms with Crippen molar-refractivity contribution in [2.75, 3.05) is 12.5 Å². The molecule has 0 aliphatic heterocycles. The summed E-state index contributed by atoms with van der Waals surface area (Å²) >= 11 is 1.50. The van der Waals surface area contributed by atoms with Crippen molar-refractivity contribution in [3.8, 4) is 5.75 Å². The molecule has 0 atom stereocenters. The molecule has 2 aromatic carbocycles. The number of benzene rings is 2. The molecular formula is C14H12N4OS. The molecule has 1 heterocycles. The molecule has 6 heteroatoms. The third-order valence-corrected chi connectivity index (χ3v) is 3.62. The molecule has 0 aliphatic rings. The minimum Gasteiger partial charge on any atom is -0.495 e. The van der Waals surface area contributed by atoms with E-state index in [2.05, 4.69) is 20.7 Å². The van der Waals surface area contributed by atoms with E-state index in [1.807, 2.05) is 48.5 Å². The number of rotatable bonds is 4. The standard InChI is InChI=1S/C14H12N4OS/c1-19-12-8-4-2-6-10(12)16-18-17-14-15-11-7-3-5-9-13(11)20-14/h2-9H,1H3,(H,15,16,17). The van der Waals surface area contributed by atoms with Gasteiger partial charge in [0.25, 0.3) is 0 Å². The highest BCUT2D eigenvalue weighted by Crippen LogP contribution is 2.28. The Morgan fingerprint density at radius 2 is 1.90 bits per heavy atom. The zero-order valence-corrected chi connectivity index (χ0v) is 11.6. The van der Waals surface area contributed by atoms with E-state index in [1.165, 1.54) is 11.3 Å². The van der Waals surface area contributed by atoms with Crippen LogP contribution in [0.3, 0.4) is 0 Å². The van der Waals surface area contributed by atoms with E-state index in [9.17, 15) is 0 Å². The lowest BCUT2D eigenvalue weighted by Gasteiger charge is -2.05. The SMILES string of the molecule is COc1ccccc1N/N=N/c1nc2ccccc2s1. The highest BCUT2D eigenvalue weighted by Gasteiger charge is 2.02. The summed E-state index contributed by atoms with van der Waals surface area (Å²) in [5.41, 5.74) is 4.55. The van der Waals surface area contributed by atoms with Crippen LogP contribution in [0.4, 0.5) is 10.8 Å². The number of ether oxygens (including phenoxy) is 1. The Balaban J connectivity index is 1.77. The third-order valence-electron chi connectivity index (χ3n) is 2.70. The van der Waals surface area contributed by atoms with Crippen LogP contribution in [0, 0.1) is 0 Å². The molecule has 0 bridgehead atoms. The van der Waals surface area contributed by atoms with Crippen molar-refractivity contribution in [1.82, 2.24) is 4.98 Å². The van der Waals surface area contributed by atoms with Crippen molar-refractivity contribution in [2.45, 2.75) is 0 Å². The summed E-state index contributed by atoms with van der Waals surface area (Å²) < 4.78 is 6.31. The molecule has 0 radical (unpaired) electrons. The first-order valence-corrected chi connectivity index (χ1v) is 6.84. The number of nitrogens with one attached hydrogen (secondary N) is 1. The Kier molecular flexibility index (Phi) is 3.56. The van der Waals surface area contributed by atoms with Crippen molar-refractivity contribution in [3.05, 3.63) is 48.5 Å². The number of para-hydroxylation sites is 3. The highest BCUT2D eigenvalue weighted by atomic mass is 32.1. The zero-order valence-electron chi connectivity index (χ0n) is 10.8. The topological polar surface area (TPSA) is 58.9 Å². The molecule has 0 fully saturated rings. The van der Waals surface area contributed by atoms with E-state index in [0.29, 0.717) is 5.13 Å². The van der Waals surface area contributed by atoms with Crippen LogP contribution in [0.5, 0.6) is 5.75 Å². The predicted molar refractivity (Wildman–Crippen MR) is 80.8 cm³/mol. The van der Waals surface area contributed by atoms with Gasteiger partial charge in [0.15, 0.2) is 0 Å². The van der Waals surface area contributed by atoms with Crippen LogP contribution < -0.4 is 10.2 Å². The maximum Gasteiger partial charge on any atom is 0.232 e. The van der Waals surface area contributed by atoms with E-state index < -0.39 is 0 Å². The summed E-state index contributed by atoms with van der Waals surface area (Å²) in [6.45, 7) is 0. The molecule has 100 valence electrons. The average Bonchev–Trinajstić information content (AvgIpc) is 2.90. The molecule has 3 aromatic rings. The van der Waals surface area contributed by atoms with Crippen LogP contribution in [0.1, 0.15) is 0 Å². The van der Waals surface area contributed by atoms with Crippen LogP contribution in [0.15, 0.2) is 58.9 Å². The van der Waals surface area contributed by atoms with Crippen LogP contribution in [-0.2, 0) is 0 Å². The van der Waals surface area contributed by atoms with Gasteiger partial charge in [0.1, 0.15) is 5.75 Å². The van der Waals surface area contributed by atoms with Gasteiger partial charge >= 0.3 is 0 Å². The molecule has 0 saturated heterocycles. The van der Waals surface area contributed by atoms with Crippen LogP contribution in [0.2, 0.25) is 0 Å². The van der Waals surface area contributed by atoms with Gasteiger partial charge in [0.05, 0.1) is 23.0 Å². The Bertz CT molecular complexity index is 721. The quantitative estimate of drug-likeness (QED) is 0.570. The second-order valence-corrected chi connectivity index (χ2v) is 4.99. The summed E-state index contributed by atoms with van der Waals surface area (Å²) in [6.07, 6.45) is 0. The summed E-state index contributed by atoms with van der Waals surface area (Å²) in [4.78, 5) is 4.37. The van der Waals surface area contributed by atoms with Gasteiger partial charge in [-0.3, -0.25) is 5.43 Å². The number of hydrogen-bond donors (Lipinski definition) is 1. The first kappa shape index (κ1) is 12.6. The molecule has 3 rings (SSSR count). The minimum atomic E-state index is 0.619. The van der Waals surface area contributed by atoms with Gasteiger partial charge in [0, 0.05) is 0 Å². The smallest absolute Gasteiger partial charge is 0.232 e. The van der Waals surface area contributed by atoms with Gasteiger partial charge in [-0.05, 0) is 24.3 Å². The van der Waals surface area contributed by atoms with E-state index in [4.69, 9.17) is 4.74 Å². The lowest BCUT2D eigenvalue weighted by Crippen LogP contribution is -1.91. The zero-order chi connectivity index (χ0) is 13.8. The molecular weight excluding hydrogens is 272 g/mol. The van der Waals surface area contributed by atoms with Gasteiger partial charge in [0.2, 0.25) is 5.13 Å². The van der Waals surface area contributed by atoms with Crippen molar-refractivity contribution in [1.29, 1.82) is 0 Å². The van der Waals surface area contributed by atoms with E-state index >= 15 is 0 Å². The van der Waals surface area contributed by atoms with Gasteiger partial charge in [-0.25, -0.2) is 4.98 Å². The Morgan fingerprint density at radius 1 is 1.10 bits per heavy atom. The third kappa shape index (κ3) is 2.60. The number of fused-ring (bicyclic) bond motifs is 1. The predicted octanol–water partition coefficient (Wildman–Crippen LogP) is 4.42. The number of aromatic nitrogens is 1. The Hall–Kier alpha value is -2.47. The summed E-state index contributed by atoms with van der Waals surface area (Å²) in [6, 6.07) is 15.4. The minimum absolute atomic E-state index is 0.619. The average molecular weight is 284 g/mol. The fraction of sp³-hybridized carbons (Fsp3) is 0.0714. The normalized spacial score (nSPS) is 11.1. The van der Waals surface area contributed by atoms with Crippen LogP contribution >= 0.6 is 11.3 Å². The molecule has 0 aliphatic carbocycles. The van der Waals surface area contributed by atoms with Crippen molar-refractivity contribution >= 4 is 32.4 Å². The lowest BCUT2D eigenvalue weighted by molar-refractivity contribution is 0.416. The summed E-state index contributed by atoms with van der Waals surface area (Å²) in [5, 5.41) is 8.66. The molecule has 20 heavy (non-hydrogen) atoms. The largest absolute Gasteiger partial charge is 0.495 e.